The number of benzene rings is 1. The van der Waals surface area contributed by atoms with Gasteiger partial charge in [-0.15, -0.1) is 10.2 Å². The van der Waals surface area contributed by atoms with Gasteiger partial charge in [-0.05, 0) is 61.7 Å². The minimum Gasteiger partial charge on any atom is -0.305 e. The SMILES string of the molecule is CCCCn1c(SCC(=O)c2ccc(I)cc2)nnc1C(CC)N(C)C. The Labute approximate surface area is 174 Å². The Morgan fingerprint density at radius 2 is 1.92 bits per heavy atom. The van der Waals surface area contributed by atoms with Crippen LogP contribution in [0.3, 0.4) is 0 Å². The lowest BCUT2D eigenvalue weighted by molar-refractivity contribution is 0.102. The number of carbonyl (C=O) groups is 1. The predicted molar refractivity (Wildman–Crippen MR) is 116 cm³/mol. The number of ketones is 1. The van der Waals surface area contributed by atoms with Crippen molar-refractivity contribution in [3.05, 3.63) is 39.2 Å². The van der Waals surface area contributed by atoms with Gasteiger partial charge in [-0.3, -0.25) is 9.69 Å². The van der Waals surface area contributed by atoms with Crippen LogP contribution in [0.1, 0.15) is 55.3 Å². The van der Waals surface area contributed by atoms with Crippen molar-refractivity contribution in [2.45, 2.75) is 50.9 Å². The highest BCUT2D eigenvalue weighted by atomic mass is 127. The number of nitrogens with zero attached hydrogens (tertiary/aromatic N) is 4. The summed E-state index contributed by atoms with van der Waals surface area (Å²) in [6.07, 6.45) is 3.17. The molecule has 2 aromatic rings. The zero-order valence-corrected chi connectivity index (χ0v) is 18.9. The molecule has 0 spiro atoms. The zero-order valence-electron chi connectivity index (χ0n) is 15.9. The molecule has 0 radical (unpaired) electrons. The van der Waals surface area contributed by atoms with E-state index in [1.165, 1.54) is 11.8 Å². The van der Waals surface area contributed by atoms with E-state index >= 15 is 0 Å². The van der Waals surface area contributed by atoms with E-state index in [1.807, 2.05) is 24.3 Å². The normalized spacial score (nSPS) is 12.5. The summed E-state index contributed by atoms with van der Waals surface area (Å²) in [6, 6.07) is 7.93. The van der Waals surface area contributed by atoms with Gasteiger partial charge < -0.3 is 4.57 Å². The minimum absolute atomic E-state index is 0.123. The summed E-state index contributed by atoms with van der Waals surface area (Å²) >= 11 is 3.73. The van der Waals surface area contributed by atoms with E-state index in [4.69, 9.17) is 0 Å². The predicted octanol–water partition coefficient (Wildman–Crippen LogP) is 4.67. The molecule has 0 aliphatic heterocycles. The standard InChI is InChI=1S/C19H27IN4OS/c1-5-7-12-24-18(16(6-2)23(3)4)21-22-19(24)26-13-17(25)14-8-10-15(20)11-9-14/h8-11,16H,5-7,12-13H2,1-4H3. The molecule has 26 heavy (non-hydrogen) atoms. The highest BCUT2D eigenvalue weighted by Crippen LogP contribution is 2.26. The molecule has 0 N–H and O–H groups in total. The molecule has 0 saturated heterocycles. The van der Waals surface area contributed by atoms with Crippen LogP contribution in [-0.2, 0) is 6.54 Å². The Kier molecular flexibility index (Phi) is 8.56. The first-order valence-corrected chi connectivity index (χ1v) is 11.0. The van der Waals surface area contributed by atoms with Gasteiger partial charge in [0.15, 0.2) is 16.8 Å². The lowest BCUT2D eigenvalue weighted by Crippen LogP contribution is -2.23. The van der Waals surface area contributed by atoms with Gasteiger partial charge in [0, 0.05) is 15.7 Å². The van der Waals surface area contributed by atoms with E-state index in [0.29, 0.717) is 5.75 Å². The van der Waals surface area contributed by atoms with Crippen molar-refractivity contribution in [3.63, 3.8) is 0 Å². The van der Waals surface area contributed by atoms with Gasteiger partial charge in [0.05, 0.1) is 11.8 Å². The van der Waals surface area contributed by atoms with Gasteiger partial charge in [-0.25, -0.2) is 0 Å². The maximum atomic E-state index is 12.5. The molecule has 0 fully saturated rings. The first-order chi connectivity index (χ1) is 12.5. The summed E-state index contributed by atoms with van der Waals surface area (Å²) < 4.78 is 3.33. The number of Topliss-reactive ketones (excluding diaryl/α,β-unsaturated/α-hetero) is 1. The maximum Gasteiger partial charge on any atom is 0.191 e. The van der Waals surface area contributed by atoms with Crippen molar-refractivity contribution in [2.24, 2.45) is 0 Å². The van der Waals surface area contributed by atoms with E-state index in [9.17, 15) is 4.79 Å². The number of rotatable bonds is 10. The number of thioether (sulfide) groups is 1. The highest BCUT2D eigenvalue weighted by molar-refractivity contribution is 14.1. The van der Waals surface area contributed by atoms with Crippen LogP contribution in [0.5, 0.6) is 0 Å². The monoisotopic (exact) mass is 486 g/mol. The van der Waals surface area contributed by atoms with Crippen LogP contribution in [0.15, 0.2) is 29.4 Å². The Morgan fingerprint density at radius 3 is 2.50 bits per heavy atom. The van der Waals surface area contributed by atoms with Crippen LogP contribution in [0.4, 0.5) is 0 Å². The molecule has 142 valence electrons. The van der Waals surface area contributed by atoms with Gasteiger partial charge in [-0.2, -0.15) is 0 Å². The molecule has 5 nitrogen and oxygen atoms in total. The molecule has 0 aliphatic carbocycles. The number of hydrogen-bond acceptors (Lipinski definition) is 5. The number of aromatic nitrogens is 3. The van der Waals surface area contributed by atoms with Crippen molar-refractivity contribution in [2.75, 3.05) is 19.8 Å². The van der Waals surface area contributed by atoms with Crippen LogP contribution < -0.4 is 0 Å². The molecule has 1 aromatic heterocycles. The molecule has 1 heterocycles. The second-order valence-electron chi connectivity index (χ2n) is 6.45. The number of unbranched alkanes of at least 4 members (excludes halogenated alkanes) is 1. The summed E-state index contributed by atoms with van der Waals surface area (Å²) in [5.74, 6) is 1.50. The summed E-state index contributed by atoms with van der Waals surface area (Å²) in [6.45, 7) is 5.24. The Hall–Kier alpha value is -0.930. The molecule has 1 unspecified atom stereocenters. The van der Waals surface area contributed by atoms with Gasteiger partial charge >= 0.3 is 0 Å². The average molecular weight is 486 g/mol. The third-order valence-electron chi connectivity index (χ3n) is 4.29. The Balaban J connectivity index is 2.16. The molecule has 0 bridgehead atoms. The average Bonchev–Trinajstić information content (AvgIpc) is 3.01. The Morgan fingerprint density at radius 1 is 1.23 bits per heavy atom. The van der Waals surface area contributed by atoms with Gasteiger partial charge in [0.25, 0.3) is 0 Å². The molecular weight excluding hydrogens is 459 g/mol. The lowest BCUT2D eigenvalue weighted by Gasteiger charge is -2.23. The quantitative estimate of drug-likeness (QED) is 0.278. The van der Waals surface area contributed by atoms with Crippen molar-refractivity contribution >= 4 is 40.1 Å². The third-order valence-corrected chi connectivity index (χ3v) is 5.97. The summed E-state index contributed by atoms with van der Waals surface area (Å²) in [7, 11) is 4.14. The van der Waals surface area contributed by atoms with E-state index in [-0.39, 0.29) is 11.8 Å². The van der Waals surface area contributed by atoms with E-state index in [2.05, 4.69) is 70.2 Å². The largest absolute Gasteiger partial charge is 0.305 e. The van der Waals surface area contributed by atoms with Crippen molar-refractivity contribution in [1.29, 1.82) is 0 Å². The molecule has 1 aromatic carbocycles. The van der Waals surface area contributed by atoms with E-state index < -0.39 is 0 Å². The third kappa shape index (κ3) is 5.53. The fourth-order valence-corrected chi connectivity index (χ4v) is 4.03. The highest BCUT2D eigenvalue weighted by Gasteiger charge is 2.22. The molecule has 2 rings (SSSR count). The summed E-state index contributed by atoms with van der Waals surface area (Å²) in [5, 5.41) is 9.70. The molecule has 7 heteroatoms. The summed E-state index contributed by atoms with van der Waals surface area (Å²) in [5.41, 5.74) is 0.748. The number of carbonyl (C=O) groups excluding carboxylic acids is 1. The minimum atomic E-state index is 0.123. The number of halogens is 1. The van der Waals surface area contributed by atoms with E-state index in [0.717, 1.165) is 45.9 Å². The van der Waals surface area contributed by atoms with Crippen LogP contribution in [0.25, 0.3) is 0 Å². The first kappa shape index (κ1) is 21.4. The van der Waals surface area contributed by atoms with Crippen molar-refractivity contribution in [1.82, 2.24) is 19.7 Å². The Bertz CT molecular complexity index is 715. The first-order valence-electron chi connectivity index (χ1n) is 8.99. The smallest absolute Gasteiger partial charge is 0.191 e. The van der Waals surface area contributed by atoms with Gasteiger partial charge in [-0.1, -0.05) is 44.2 Å². The lowest BCUT2D eigenvalue weighted by atomic mass is 10.2. The molecule has 1 atom stereocenters. The van der Waals surface area contributed by atoms with Crippen molar-refractivity contribution < 1.29 is 4.79 Å². The molecule has 0 amide bonds. The second kappa shape index (κ2) is 10.4. The van der Waals surface area contributed by atoms with Gasteiger partial charge in [0.2, 0.25) is 0 Å². The van der Waals surface area contributed by atoms with Crippen LogP contribution in [-0.4, -0.2) is 45.3 Å². The zero-order chi connectivity index (χ0) is 19.1. The second-order valence-corrected chi connectivity index (χ2v) is 8.64. The van der Waals surface area contributed by atoms with Crippen LogP contribution >= 0.6 is 34.4 Å². The molecular formula is C19H27IN4OS. The van der Waals surface area contributed by atoms with Crippen molar-refractivity contribution in [3.8, 4) is 0 Å². The maximum absolute atomic E-state index is 12.5. The number of hydrogen-bond donors (Lipinski definition) is 0. The molecule has 0 saturated carbocycles. The van der Waals surface area contributed by atoms with Crippen LogP contribution in [0, 0.1) is 3.57 Å². The fraction of sp³-hybridized carbons (Fsp3) is 0.526. The summed E-state index contributed by atoms with van der Waals surface area (Å²) in [4.78, 5) is 14.6. The van der Waals surface area contributed by atoms with Crippen LogP contribution in [0.2, 0.25) is 0 Å². The fourth-order valence-electron chi connectivity index (χ4n) is 2.81. The topological polar surface area (TPSA) is 51.0 Å². The molecule has 0 aliphatic rings. The van der Waals surface area contributed by atoms with Gasteiger partial charge in [0.1, 0.15) is 0 Å². The van der Waals surface area contributed by atoms with E-state index in [1.54, 1.807) is 0 Å².